The van der Waals surface area contributed by atoms with Crippen molar-refractivity contribution in [2.45, 2.75) is 38.8 Å². The maximum absolute atomic E-state index is 11.8. The lowest BCUT2D eigenvalue weighted by Crippen LogP contribution is -2.27. The number of carbonyl (C=O) groups is 1. The molecule has 0 atom stereocenters. The predicted molar refractivity (Wildman–Crippen MR) is 89.0 cm³/mol. The number of hydrogen-bond donors (Lipinski definition) is 1. The lowest BCUT2D eigenvalue weighted by atomic mass is 10.2. The number of aromatic nitrogens is 3. The van der Waals surface area contributed by atoms with E-state index in [1.165, 1.54) is 25.7 Å². The van der Waals surface area contributed by atoms with Crippen molar-refractivity contribution < 1.29 is 4.79 Å². The van der Waals surface area contributed by atoms with Crippen molar-refractivity contribution in [1.29, 1.82) is 0 Å². The molecule has 1 aliphatic rings. The maximum atomic E-state index is 11.8. The van der Waals surface area contributed by atoms with E-state index in [1.54, 1.807) is 23.1 Å². The Kier molecular flexibility index (Phi) is 5.24. The molecule has 6 nitrogen and oxygen atoms in total. The van der Waals surface area contributed by atoms with Gasteiger partial charge in [-0.25, -0.2) is 4.98 Å². The first-order chi connectivity index (χ1) is 11.3. The monoisotopic (exact) mass is 313 g/mol. The highest BCUT2D eigenvalue weighted by Gasteiger charge is 2.11. The Hall–Kier alpha value is -2.37. The van der Waals surface area contributed by atoms with Crippen molar-refractivity contribution in [2.75, 3.05) is 18.0 Å². The minimum atomic E-state index is -0.0507. The van der Waals surface area contributed by atoms with Gasteiger partial charge in [-0.3, -0.25) is 9.48 Å². The quantitative estimate of drug-likeness (QED) is 0.917. The van der Waals surface area contributed by atoms with Crippen LogP contribution in [0.25, 0.3) is 0 Å². The van der Waals surface area contributed by atoms with E-state index in [1.807, 2.05) is 12.3 Å². The van der Waals surface area contributed by atoms with Crippen LogP contribution >= 0.6 is 0 Å². The van der Waals surface area contributed by atoms with Crippen LogP contribution in [0.15, 0.2) is 36.8 Å². The van der Waals surface area contributed by atoms with E-state index < -0.39 is 0 Å². The molecule has 3 heterocycles. The number of rotatable bonds is 5. The van der Waals surface area contributed by atoms with Crippen molar-refractivity contribution in [1.82, 2.24) is 20.1 Å². The summed E-state index contributed by atoms with van der Waals surface area (Å²) in [5, 5.41) is 6.91. The number of nitrogens with zero attached hydrogens (tertiary/aromatic N) is 4. The number of amides is 1. The van der Waals surface area contributed by atoms with Gasteiger partial charge in [-0.15, -0.1) is 0 Å². The van der Waals surface area contributed by atoms with Crippen LogP contribution < -0.4 is 10.2 Å². The Balaban J connectivity index is 1.50. The first kappa shape index (κ1) is 15.5. The normalized spacial score (nSPS) is 15.2. The van der Waals surface area contributed by atoms with E-state index in [-0.39, 0.29) is 12.5 Å². The molecule has 0 bridgehead atoms. The highest BCUT2D eigenvalue weighted by atomic mass is 16.2. The Morgan fingerprint density at radius 1 is 1.17 bits per heavy atom. The van der Waals surface area contributed by atoms with Crippen molar-refractivity contribution in [3.63, 3.8) is 0 Å². The smallest absolute Gasteiger partial charge is 0.241 e. The molecule has 2 aromatic heterocycles. The summed E-state index contributed by atoms with van der Waals surface area (Å²) in [4.78, 5) is 18.7. The van der Waals surface area contributed by atoms with Gasteiger partial charge in [0, 0.05) is 38.2 Å². The first-order valence-corrected chi connectivity index (χ1v) is 8.25. The average Bonchev–Trinajstić information content (AvgIpc) is 2.93. The second kappa shape index (κ2) is 7.76. The summed E-state index contributed by atoms with van der Waals surface area (Å²) in [5.41, 5.74) is 1.01. The molecular formula is C17H23N5O. The van der Waals surface area contributed by atoms with E-state index in [9.17, 15) is 4.79 Å². The van der Waals surface area contributed by atoms with E-state index in [4.69, 9.17) is 0 Å². The van der Waals surface area contributed by atoms with Crippen LogP contribution in [-0.4, -0.2) is 33.8 Å². The van der Waals surface area contributed by atoms with Gasteiger partial charge in [0.05, 0.1) is 0 Å². The molecule has 0 unspecified atom stereocenters. The van der Waals surface area contributed by atoms with Gasteiger partial charge >= 0.3 is 0 Å². The zero-order chi connectivity index (χ0) is 15.9. The molecular weight excluding hydrogens is 290 g/mol. The van der Waals surface area contributed by atoms with Gasteiger partial charge in [-0.05, 0) is 30.5 Å². The van der Waals surface area contributed by atoms with Crippen LogP contribution in [0.5, 0.6) is 0 Å². The van der Waals surface area contributed by atoms with Gasteiger partial charge in [-0.2, -0.15) is 5.10 Å². The SMILES string of the molecule is O=C(Cn1cccn1)NCc1ccc(N2CCCCCC2)nc1. The molecule has 3 rings (SSSR count). The van der Waals surface area contributed by atoms with Gasteiger partial charge < -0.3 is 10.2 Å². The zero-order valence-corrected chi connectivity index (χ0v) is 13.3. The van der Waals surface area contributed by atoms with Gasteiger partial charge in [-0.1, -0.05) is 18.9 Å². The minimum Gasteiger partial charge on any atom is -0.357 e. The van der Waals surface area contributed by atoms with Gasteiger partial charge in [0.1, 0.15) is 12.4 Å². The second-order valence-corrected chi connectivity index (χ2v) is 5.91. The fraction of sp³-hybridized carbons (Fsp3) is 0.471. The lowest BCUT2D eigenvalue weighted by Gasteiger charge is -2.21. The molecule has 23 heavy (non-hydrogen) atoms. The largest absolute Gasteiger partial charge is 0.357 e. The minimum absolute atomic E-state index is 0.0507. The fourth-order valence-electron chi connectivity index (χ4n) is 2.81. The number of nitrogens with one attached hydrogen (secondary N) is 1. The van der Waals surface area contributed by atoms with Crippen LogP contribution in [0.2, 0.25) is 0 Å². The Bertz CT molecular complexity index is 600. The van der Waals surface area contributed by atoms with Crippen molar-refractivity contribution in [3.8, 4) is 0 Å². The molecule has 0 saturated carbocycles. The number of anilines is 1. The third kappa shape index (κ3) is 4.55. The summed E-state index contributed by atoms with van der Waals surface area (Å²) in [5.74, 6) is 0.990. The molecule has 122 valence electrons. The second-order valence-electron chi connectivity index (χ2n) is 5.91. The van der Waals surface area contributed by atoms with E-state index in [2.05, 4.69) is 26.4 Å². The summed E-state index contributed by atoms with van der Waals surface area (Å²) >= 11 is 0. The van der Waals surface area contributed by atoms with E-state index in [0.717, 1.165) is 24.5 Å². The highest BCUT2D eigenvalue weighted by Crippen LogP contribution is 2.17. The number of pyridine rings is 1. The molecule has 6 heteroatoms. The fourth-order valence-corrected chi connectivity index (χ4v) is 2.81. The van der Waals surface area contributed by atoms with Crippen molar-refractivity contribution >= 4 is 11.7 Å². The average molecular weight is 313 g/mol. The van der Waals surface area contributed by atoms with Crippen LogP contribution in [0.3, 0.4) is 0 Å². The van der Waals surface area contributed by atoms with E-state index in [0.29, 0.717) is 6.54 Å². The molecule has 1 amide bonds. The molecule has 1 fully saturated rings. The molecule has 0 aliphatic carbocycles. The van der Waals surface area contributed by atoms with Crippen molar-refractivity contribution in [2.24, 2.45) is 0 Å². The third-order valence-electron chi connectivity index (χ3n) is 4.09. The Labute approximate surface area is 136 Å². The van der Waals surface area contributed by atoms with Gasteiger partial charge in [0.15, 0.2) is 0 Å². The van der Waals surface area contributed by atoms with Crippen LogP contribution in [-0.2, 0) is 17.9 Å². The maximum Gasteiger partial charge on any atom is 0.241 e. The molecule has 0 aromatic carbocycles. The predicted octanol–water partition coefficient (Wildman–Crippen LogP) is 1.97. The zero-order valence-electron chi connectivity index (χ0n) is 13.3. The van der Waals surface area contributed by atoms with Crippen molar-refractivity contribution in [3.05, 3.63) is 42.4 Å². The Morgan fingerprint density at radius 3 is 2.65 bits per heavy atom. The first-order valence-electron chi connectivity index (χ1n) is 8.25. The summed E-state index contributed by atoms with van der Waals surface area (Å²) in [6, 6.07) is 5.90. The van der Waals surface area contributed by atoms with Crippen LogP contribution in [0.1, 0.15) is 31.2 Å². The number of carbonyl (C=O) groups excluding carboxylic acids is 1. The molecule has 1 saturated heterocycles. The van der Waals surface area contributed by atoms with Gasteiger partial charge in [0.25, 0.3) is 0 Å². The van der Waals surface area contributed by atoms with Gasteiger partial charge in [0.2, 0.25) is 5.91 Å². The standard InChI is InChI=1S/C17H23N5O/c23-17(14-22-11-5-8-20-22)19-13-15-6-7-16(18-12-15)21-9-3-1-2-4-10-21/h5-8,11-12H,1-4,9-10,13-14H2,(H,19,23). The third-order valence-corrected chi connectivity index (χ3v) is 4.09. The molecule has 1 N–H and O–H groups in total. The summed E-state index contributed by atoms with van der Waals surface area (Å²) in [6.45, 7) is 2.92. The summed E-state index contributed by atoms with van der Waals surface area (Å²) in [6.07, 6.45) is 10.4. The summed E-state index contributed by atoms with van der Waals surface area (Å²) < 4.78 is 1.61. The highest BCUT2D eigenvalue weighted by molar-refractivity contribution is 5.75. The van der Waals surface area contributed by atoms with E-state index >= 15 is 0 Å². The summed E-state index contributed by atoms with van der Waals surface area (Å²) in [7, 11) is 0. The molecule has 2 aromatic rings. The number of hydrogen-bond acceptors (Lipinski definition) is 4. The molecule has 0 spiro atoms. The van der Waals surface area contributed by atoms with Crippen LogP contribution in [0, 0.1) is 0 Å². The topological polar surface area (TPSA) is 63.1 Å². The van der Waals surface area contributed by atoms with Crippen LogP contribution in [0.4, 0.5) is 5.82 Å². The molecule has 0 radical (unpaired) electrons. The Morgan fingerprint density at radius 2 is 2.00 bits per heavy atom. The molecule has 1 aliphatic heterocycles. The lowest BCUT2D eigenvalue weighted by molar-refractivity contribution is -0.122.